The Morgan fingerprint density at radius 2 is 1.90 bits per heavy atom. The SMILES string of the molecule is CCC(=O)NCCN1C(=O)[C@](C)(c2ccccc2)Oc2cc(C)c(C(=O)N(C(C)C)[C@@H]3CCCN(C(=O)O)C3)cc21. The average Bonchev–Trinajstić information content (AvgIpc) is 2.95. The summed E-state index contributed by atoms with van der Waals surface area (Å²) in [5.74, 6) is -0.167. The van der Waals surface area contributed by atoms with E-state index in [0.717, 1.165) is 0 Å². The second-order valence-corrected chi connectivity index (χ2v) is 11.1. The summed E-state index contributed by atoms with van der Waals surface area (Å²) in [6.45, 7) is 10.3. The van der Waals surface area contributed by atoms with Gasteiger partial charge in [0.25, 0.3) is 11.8 Å². The highest BCUT2D eigenvalue weighted by atomic mass is 16.5. The van der Waals surface area contributed by atoms with Crippen LogP contribution in [0.15, 0.2) is 42.5 Å². The first-order valence-corrected chi connectivity index (χ1v) is 14.3. The van der Waals surface area contributed by atoms with Crippen LogP contribution in [0.25, 0.3) is 0 Å². The fourth-order valence-electron chi connectivity index (χ4n) is 5.73. The number of carbonyl (C=O) groups excluding carboxylic acids is 3. The number of likely N-dealkylation sites (tertiary alicyclic amines) is 1. The van der Waals surface area contributed by atoms with Gasteiger partial charge in [0, 0.05) is 49.8 Å². The summed E-state index contributed by atoms with van der Waals surface area (Å²) in [6.07, 6.45) is 0.726. The minimum Gasteiger partial charge on any atom is -0.471 e. The minimum absolute atomic E-state index is 0.119. The fourth-order valence-corrected chi connectivity index (χ4v) is 5.73. The van der Waals surface area contributed by atoms with Crippen molar-refractivity contribution in [2.24, 2.45) is 0 Å². The van der Waals surface area contributed by atoms with Crippen molar-refractivity contribution < 1.29 is 29.0 Å². The molecule has 2 N–H and O–H groups in total. The second-order valence-electron chi connectivity index (χ2n) is 11.1. The van der Waals surface area contributed by atoms with E-state index in [1.54, 1.807) is 35.8 Å². The van der Waals surface area contributed by atoms with Gasteiger partial charge in [0.15, 0.2) is 0 Å². The molecule has 2 heterocycles. The van der Waals surface area contributed by atoms with Crippen LogP contribution in [0, 0.1) is 6.92 Å². The molecule has 2 aliphatic heterocycles. The number of benzene rings is 2. The fraction of sp³-hybridized carbons (Fsp3) is 0.484. The van der Waals surface area contributed by atoms with Gasteiger partial charge in [0.1, 0.15) is 5.75 Å². The lowest BCUT2D eigenvalue weighted by molar-refractivity contribution is -0.135. The summed E-state index contributed by atoms with van der Waals surface area (Å²) < 4.78 is 6.40. The van der Waals surface area contributed by atoms with Crippen LogP contribution >= 0.6 is 0 Å². The number of hydrogen-bond donors (Lipinski definition) is 2. The van der Waals surface area contributed by atoms with Crippen molar-refractivity contribution >= 4 is 29.5 Å². The van der Waals surface area contributed by atoms with Crippen LogP contribution in [0.5, 0.6) is 5.75 Å². The Bertz CT molecular complexity index is 1310. The van der Waals surface area contributed by atoms with Crippen molar-refractivity contribution in [1.29, 1.82) is 0 Å². The number of nitrogens with one attached hydrogen (secondary N) is 1. The monoisotopic (exact) mass is 564 g/mol. The minimum atomic E-state index is -1.30. The number of nitrogens with zero attached hydrogens (tertiary/aromatic N) is 3. The first-order chi connectivity index (χ1) is 19.5. The molecule has 220 valence electrons. The third-order valence-electron chi connectivity index (χ3n) is 7.95. The van der Waals surface area contributed by atoms with Gasteiger partial charge in [0.05, 0.1) is 11.7 Å². The number of carbonyl (C=O) groups is 4. The van der Waals surface area contributed by atoms with E-state index < -0.39 is 11.7 Å². The summed E-state index contributed by atoms with van der Waals surface area (Å²) in [6, 6.07) is 12.3. The zero-order chi connectivity index (χ0) is 29.9. The topological polar surface area (TPSA) is 119 Å². The average molecular weight is 565 g/mol. The molecule has 0 spiro atoms. The molecule has 1 fully saturated rings. The van der Waals surface area contributed by atoms with Crippen LogP contribution in [0.4, 0.5) is 10.5 Å². The molecule has 41 heavy (non-hydrogen) atoms. The van der Waals surface area contributed by atoms with Gasteiger partial charge in [-0.05, 0) is 58.2 Å². The van der Waals surface area contributed by atoms with Crippen molar-refractivity contribution in [1.82, 2.24) is 15.1 Å². The standard InChI is InChI=1S/C31H40N4O6/c1-6-27(36)32-14-16-34-25-18-24(28(37)35(20(2)3)23-13-10-15-33(19-23)30(39)40)21(4)17-26(25)41-31(5,29(34)38)22-11-8-7-9-12-22/h7-9,11-12,17-18,20,23H,6,10,13-16,19H2,1-5H3,(H,32,36)(H,39,40)/t23-,31+/m1/s1. The van der Waals surface area contributed by atoms with Crippen LogP contribution in [0.1, 0.15) is 68.4 Å². The molecule has 4 amide bonds. The maximum Gasteiger partial charge on any atom is 0.407 e. The normalized spacial score (nSPS) is 20.3. The molecule has 2 aromatic carbocycles. The summed E-state index contributed by atoms with van der Waals surface area (Å²) in [7, 11) is 0. The molecule has 0 unspecified atom stereocenters. The van der Waals surface area contributed by atoms with Gasteiger partial charge in [-0.25, -0.2) is 4.79 Å². The third-order valence-corrected chi connectivity index (χ3v) is 7.95. The maximum atomic E-state index is 14.1. The predicted octanol–water partition coefficient (Wildman–Crippen LogP) is 4.16. The highest BCUT2D eigenvalue weighted by Crippen LogP contribution is 2.43. The van der Waals surface area contributed by atoms with Gasteiger partial charge in [-0.3, -0.25) is 14.4 Å². The Hall–Kier alpha value is -4.08. The zero-order valence-corrected chi connectivity index (χ0v) is 24.5. The van der Waals surface area contributed by atoms with Gasteiger partial charge in [-0.1, -0.05) is 37.3 Å². The molecule has 2 aliphatic rings. The molecule has 4 rings (SSSR count). The molecule has 10 heteroatoms. The van der Waals surface area contributed by atoms with Crippen LogP contribution in [0.2, 0.25) is 0 Å². The number of rotatable bonds is 8. The van der Waals surface area contributed by atoms with Crippen LogP contribution in [-0.4, -0.2) is 77.0 Å². The first kappa shape index (κ1) is 29.9. The Morgan fingerprint density at radius 1 is 1.20 bits per heavy atom. The summed E-state index contributed by atoms with van der Waals surface area (Å²) in [5.41, 5.74) is 0.972. The predicted molar refractivity (Wildman–Crippen MR) is 155 cm³/mol. The Kier molecular flexibility index (Phi) is 8.89. The van der Waals surface area contributed by atoms with Crippen LogP contribution < -0.4 is 15.0 Å². The number of hydrogen-bond acceptors (Lipinski definition) is 5. The van der Waals surface area contributed by atoms with E-state index in [-0.39, 0.29) is 49.4 Å². The lowest BCUT2D eigenvalue weighted by atomic mass is 9.91. The van der Waals surface area contributed by atoms with Crippen molar-refractivity contribution in [3.8, 4) is 5.75 Å². The maximum absolute atomic E-state index is 14.1. The molecule has 0 radical (unpaired) electrons. The number of anilines is 1. The number of ether oxygens (including phenoxy) is 1. The molecule has 1 saturated heterocycles. The van der Waals surface area contributed by atoms with Crippen LogP contribution in [0.3, 0.4) is 0 Å². The summed E-state index contributed by atoms with van der Waals surface area (Å²) in [4.78, 5) is 56.5. The number of piperidine rings is 1. The Labute approximate surface area is 241 Å². The molecule has 0 saturated carbocycles. The van der Waals surface area contributed by atoms with Gasteiger partial charge in [0.2, 0.25) is 11.5 Å². The van der Waals surface area contributed by atoms with Crippen molar-refractivity contribution in [3.63, 3.8) is 0 Å². The molecule has 2 atom stereocenters. The molecule has 2 aromatic rings. The van der Waals surface area contributed by atoms with Crippen molar-refractivity contribution in [3.05, 3.63) is 59.2 Å². The lowest BCUT2D eigenvalue weighted by Gasteiger charge is -2.42. The summed E-state index contributed by atoms with van der Waals surface area (Å²) in [5, 5.41) is 12.4. The molecule has 0 aromatic heterocycles. The third kappa shape index (κ3) is 6.01. The van der Waals surface area contributed by atoms with Crippen molar-refractivity contribution in [2.75, 3.05) is 31.1 Å². The highest BCUT2D eigenvalue weighted by Gasteiger charge is 2.46. The Morgan fingerprint density at radius 3 is 2.54 bits per heavy atom. The van der Waals surface area contributed by atoms with Gasteiger partial charge in [-0.2, -0.15) is 0 Å². The van der Waals surface area contributed by atoms with E-state index in [0.29, 0.717) is 53.9 Å². The number of carboxylic acid groups (broad SMARTS) is 1. The molecule has 0 aliphatic carbocycles. The van der Waals surface area contributed by atoms with Gasteiger partial charge < -0.3 is 29.9 Å². The Balaban J connectivity index is 1.74. The number of aryl methyl sites for hydroxylation is 1. The lowest BCUT2D eigenvalue weighted by Crippen LogP contribution is -2.54. The second kappa shape index (κ2) is 12.2. The van der Waals surface area contributed by atoms with Crippen molar-refractivity contribution in [2.45, 2.75) is 71.6 Å². The molecular weight excluding hydrogens is 524 g/mol. The first-order valence-electron chi connectivity index (χ1n) is 14.3. The van der Waals surface area contributed by atoms with E-state index in [2.05, 4.69) is 5.32 Å². The number of amides is 4. The molecule has 10 nitrogen and oxygen atoms in total. The van der Waals surface area contributed by atoms with E-state index in [1.807, 2.05) is 51.1 Å². The smallest absolute Gasteiger partial charge is 0.407 e. The van der Waals surface area contributed by atoms with E-state index in [1.165, 1.54) is 4.90 Å². The molecule has 0 bridgehead atoms. The van der Waals surface area contributed by atoms with Crippen LogP contribution in [-0.2, 0) is 15.2 Å². The van der Waals surface area contributed by atoms with E-state index in [9.17, 15) is 24.3 Å². The van der Waals surface area contributed by atoms with E-state index >= 15 is 0 Å². The highest BCUT2D eigenvalue weighted by molar-refractivity contribution is 6.05. The largest absolute Gasteiger partial charge is 0.471 e. The van der Waals surface area contributed by atoms with E-state index in [4.69, 9.17) is 4.74 Å². The molecular formula is C31H40N4O6. The van der Waals surface area contributed by atoms with Gasteiger partial charge in [-0.15, -0.1) is 0 Å². The zero-order valence-electron chi connectivity index (χ0n) is 24.5. The summed E-state index contributed by atoms with van der Waals surface area (Å²) >= 11 is 0. The quantitative estimate of drug-likeness (QED) is 0.497. The van der Waals surface area contributed by atoms with Gasteiger partial charge >= 0.3 is 6.09 Å². The number of fused-ring (bicyclic) bond motifs is 1.